The summed E-state index contributed by atoms with van der Waals surface area (Å²) in [7, 11) is 0. The molecule has 12 nitrogen and oxygen atoms in total. The lowest BCUT2D eigenvalue weighted by atomic mass is 10.1. The van der Waals surface area contributed by atoms with Gasteiger partial charge < -0.3 is 24.7 Å². The molecule has 238 valence electrons. The number of anilines is 1. The van der Waals surface area contributed by atoms with Crippen LogP contribution in [0.4, 0.5) is 11.4 Å². The number of carbonyl (C=O) groups excluding carboxylic acids is 4. The molecule has 0 atom stereocenters. The number of nitrogens with zero attached hydrogens (tertiary/aromatic N) is 1. The largest absolute Gasteiger partial charge is 0.462 e. The van der Waals surface area contributed by atoms with Gasteiger partial charge in [0.25, 0.3) is 5.69 Å². The molecular formula is C32H40N2O10. The Balaban J connectivity index is 1.57. The number of rotatable bonds is 1. The molecule has 0 unspecified atom stereocenters. The molecule has 0 fully saturated rings. The highest BCUT2D eigenvalue weighted by molar-refractivity contribution is 5.97. The van der Waals surface area contributed by atoms with E-state index < -0.39 is 34.5 Å². The number of fused-ring (bicyclic) bond motifs is 4. The zero-order valence-corrected chi connectivity index (χ0v) is 24.9. The predicted molar refractivity (Wildman–Crippen MR) is 160 cm³/mol. The molecule has 0 aromatic heterocycles. The molecule has 2 N–H and O–H groups in total. The molecule has 1 aliphatic rings. The van der Waals surface area contributed by atoms with Gasteiger partial charge in [0.05, 0.1) is 53.6 Å². The van der Waals surface area contributed by atoms with Crippen LogP contribution in [0.5, 0.6) is 0 Å². The Morgan fingerprint density at radius 3 is 1.05 bits per heavy atom. The van der Waals surface area contributed by atoms with E-state index in [9.17, 15) is 29.3 Å². The molecular weight excluding hydrogens is 572 g/mol. The first-order chi connectivity index (χ1) is 21.2. The van der Waals surface area contributed by atoms with Crippen LogP contribution in [-0.4, -0.2) is 55.2 Å². The molecule has 0 saturated carbocycles. The number of esters is 4. The third kappa shape index (κ3) is 11.7. The van der Waals surface area contributed by atoms with Crippen molar-refractivity contribution in [2.45, 2.75) is 77.0 Å². The zero-order valence-electron chi connectivity index (χ0n) is 24.9. The molecule has 4 bridgehead atoms. The van der Waals surface area contributed by atoms with E-state index in [-0.39, 0.29) is 54.4 Å². The van der Waals surface area contributed by atoms with Gasteiger partial charge in [0, 0.05) is 17.8 Å². The second kappa shape index (κ2) is 18.2. The normalized spacial score (nSPS) is 17.7. The molecule has 0 saturated heterocycles. The van der Waals surface area contributed by atoms with Crippen molar-refractivity contribution in [3.63, 3.8) is 0 Å². The Morgan fingerprint density at radius 2 is 0.750 bits per heavy atom. The standard InChI is InChI=1S/C32H40N2O10/c33-27-19-23-17-24(20-27)30(36)42-14-10-6-2-4-8-12-16-44-32(38)26-18-25(21-28(22-26)34(39)40)31(37)43-15-11-7-3-1-5-9-13-41-29(23)35/h17-22H,1-16,33H2. The van der Waals surface area contributed by atoms with E-state index in [0.29, 0.717) is 25.7 Å². The first kappa shape index (κ1) is 34.0. The maximum absolute atomic E-state index is 12.6. The van der Waals surface area contributed by atoms with E-state index in [0.717, 1.165) is 63.5 Å². The van der Waals surface area contributed by atoms with Crippen molar-refractivity contribution in [2.75, 3.05) is 32.2 Å². The second-order valence-electron chi connectivity index (χ2n) is 10.7. The average Bonchev–Trinajstić information content (AvgIpc) is 3.01. The van der Waals surface area contributed by atoms with Gasteiger partial charge in [-0.2, -0.15) is 0 Å². The summed E-state index contributed by atoms with van der Waals surface area (Å²) in [4.78, 5) is 60.8. The minimum absolute atomic E-state index is 0.0829. The topological polar surface area (TPSA) is 174 Å². The molecule has 44 heavy (non-hydrogen) atoms. The van der Waals surface area contributed by atoms with Crippen molar-refractivity contribution in [2.24, 2.45) is 0 Å². The smallest absolute Gasteiger partial charge is 0.338 e. The number of nitrogen functional groups attached to an aromatic ring is 1. The van der Waals surface area contributed by atoms with Crippen molar-refractivity contribution in [3.05, 3.63) is 68.8 Å². The van der Waals surface area contributed by atoms with Crippen LogP contribution in [-0.2, 0) is 18.9 Å². The molecule has 2 aromatic carbocycles. The Hall–Kier alpha value is -4.48. The number of benzene rings is 2. The monoisotopic (exact) mass is 612 g/mol. The van der Waals surface area contributed by atoms with Crippen LogP contribution in [0.1, 0.15) is 118 Å². The van der Waals surface area contributed by atoms with Crippen LogP contribution < -0.4 is 5.73 Å². The maximum Gasteiger partial charge on any atom is 0.338 e. The van der Waals surface area contributed by atoms with Gasteiger partial charge in [-0.3, -0.25) is 10.1 Å². The van der Waals surface area contributed by atoms with Crippen molar-refractivity contribution >= 4 is 35.3 Å². The molecule has 1 aliphatic heterocycles. The van der Waals surface area contributed by atoms with Gasteiger partial charge in [0.2, 0.25) is 0 Å². The number of nitro groups is 1. The van der Waals surface area contributed by atoms with Crippen LogP contribution >= 0.6 is 0 Å². The fraction of sp³-hybridized carbons (Fsp3) is 0.500. The number of carbonyl (C=O) groups is 4. The lowest BCUT2D eigenvalue weighted by molar-refractivity contribution is -0.384. The lowest BCUT2D eigenvalue weighted by Crippen LogP contribution is -2.12. The third-order valence-corrected chi connectivity index (χ3v) is 7.04. The maximum atomic E-state index is 12.6. The quantitative estimate of drug-likeness (QED) is 0.128. The number of cyclic esters (lactones) is 4. The summed E-state index contributed by atoms with van der Waals surface area (Å²) in [5.41, 5.74) is 5.99. The molecule has 0 spiro atoms. The highest BCUT2D eigenvalue weighted by Crippen LogP contribution is 2.20. The van der Waals surface area contributed by atoms with Gasteiger partial charge in [0.1, 0.15) is 0 Å². The van der Waals surface area contributed by atoms with Gasteiger partial charge in [-0.1, -0.05) is 51.4 Å². The highest BCUT2D eigenvalue weighted by atomic mass is 16.6. The molecule has 0 amide bonds. The van der Waals surface area contributed by atoms with Gasteiger partial charge >= 0.3 is 23.9 Å². The van der Waals surface area contributed by atoms with E-state index in [1.165, 1.54) is 24.3 Å². The number of ether oxygens (including phenoxy) is 4. The van der Waals surface area contributed by atoms with Crippen LogP contribution in [0.15, 0.2) is 36.4 Å². The van der Waals surface area contributed by atoms with Gasteiger partial charge in [-0.05, 0) is 49.9 Å². The summed E-state index contributed by atoms with van der Waals surface area (Å²) in [6.45, 7) is 0.719. The SMILES string of the molecule is Nc1cc2cc(c1)C(=O)OCCCCCCCCOC(=O)c1cc(cc([N+](=O)[O-])c1)C(=O)OCCCCCCCCOC2=O. The Kier molecular flexibility index (Phi) is 14.1. The highest BCUT2D eigenvalue weighted by Gasteiger charge is 2.20. The summed E-state index contributed by atoms with van der Waals surface area (Å²) in [5.74, 6) is -2.60. The number of nitro benzene ring substituents is 1. The van der Waals surface area contributed by atoms with Crippen LogP contribution in [0.25, 0.3) is 0 Å². The molecule has 0 aliphatic carbocycles. The van der Waals surface area contributed by atoms with E-state index in [1.54, 1.807) is 0 Å². The third-order valence-electron chi connectivity index (χ3n) is 7.04. The summed E-state index contributed by atoms with van der Waals surface area (Å²) < 4.78 is 21.3. The Bertz CT molecular complexity index is 1230. The number of non-ortho nitro benzene ring substituents is 1. The second-order valence-corrected chi connectivity index (χ2v) is 10.7. The van der Waals surface area contributed by atoms with Crippen molar-refractivity contribution in [3.8, 4) is 0 Å². The number of hydrogen-bond acceptors (Lipinski definition) is 11. The Morgan fingerprint density at radius 1 is 0.477 bits per heavy atom. The first-order valence-electron chi connectivity index (χ1n) is 15.1. The van der Waals surface area contributed by atoms with Crippen LogP contribution in [0, 0.1) is 10.1 Å². The molecule has 3 rings (SSSR count). The van der Waals surface area contributed by atoms with E-state index in [1.807, 2.05) is 0 Å². The fourth-order valence-electron chi connectivity index (χ4n) is 4.65. The summed E-state index contributed by atoms with van der Waals surface area (Å²) in [6.07, 6.45) is 9.29. The minimum atomic E-state index is -0.744. The minimum Gasteiger partial charge on any atom is -0.462 e. The van der Waals surface area contributed by atoms with Crippen molar-refractivity contribution < 1.29 is 43.0 Å². The average molecular weight is 613 g/mol. The van der Waals surface area contributed by atoms with Gasteiger partial charge in [0.15, 0.2) is 0 Å². The van der Waals surface area contributed by atoms with Crippen LogP contribution in [0.2, 0.25) is 0 Å². The number of hydrogen-bond donors (Lipinski definition) is 1. The molecule has 0 radical (unpaired) electrons. The number of nitrogens with two attached hydrogens (primary N) is 1. The van der Waals surface area contributed by atoms with E-state index >= 15 is 0 Å². The van der Waals surface area contributed by atoms with E-state index in [2.05, 4.69) is 0 Å². The van der Waals surface area contributed by atoms with Gasteiger partial charge in [-0.15, -0.1) is 0 Å². The predicted octanol–water partition coefficient (Wildman–Crippen LogP) is 6.20. The summed E-state index contributed by atoms with van der Waals surface area (Å²) in [6, 6.07) is 7.78. The Labute approximate surface area is 256 Å². The molecule has 1 heterocycles. The van der Waals surface area contributed by atoms with Gasteiger partial charge in [-0.25, -0.2) is 19.2 Å². The summed E-state index contributed by atoms with van der Waals surface area (Å²) >= 11 is 0. The van der Waals surface area contributed by atoms with Crippen molar-refractivity contribution in [1.82, 2.24) is 0 Å². The molecule has 2 aromatic rings. The zero-order chi connectivity index (χ0) is 31.7. The van der Waals surface area contributed by atoms with Crippen molar-refractivity contribution in [1.29, 1.82) is 0 Å². The van der Waals surface area contributed by atoms with Crippen LogP contribution in [0.3, 0.4) is 0 Å². The summed E-state index contributed by atoms with van der Waals surface area (Å²) in [5, 5.41) is 11.4. The lowest BCUT2D eigenvalue weighted by Gasteiger charge is -2.09. The first-order valence-corrected chi connectivity index (χ1v) is 15.1. The molecule has 12 heteroatoms. The van der Waals surface area contributed by atoms with E-state index in [4.69, 9.17) is 24.7 Å². The fourth-order valence-corrected chi connectivity index (χ4v) is 4.65.